The van der Waals surface area contributed by atoms with Crippen molar-refractivity contribution in [2.45, 2.75) is 17.6 Å². The van der Waals surface area contributed by atoms with Crippen LogP contribution in [0.4, 0.5) is 18.9 Å². The first-order valence-corrected chi connectivity index (χ1v) is 8.21. The lowest BCUT2D eigenvalue weighted by molar-refractivity contribution is -0.154. The zero-order valence-corrected chi connectivity index (χ0v) is 13.1. The summed E-state index contributed by atoms with van der Waals surface area (Å²) in [6, 6.07) is 10.3. The van der Waals surface area contributed by atoms with Crippen LogP contribution < -0.4 is 10.1 Å². The summed E-state index contributed by atoms with van der Waals surface area (Å²) < 4.78 is 51.9. The van der Waals surface area contributed by atoms with E-state index in [-0.39, 0.29) is 5.88 Å². The van der Waals surface area contributed by atoms with Crippen molar-refractivity contribution < 1.29 is 22.1 Å². The van der Waals surface area contributed by atoms with E-state index in [0.717, 1.165) is 10.5 Å². The van der Waals surface area contributed by atoms with Crippen molar-refractivity contribution in [1.29, 1.82) is 0 Å². The van der Waals surface area contributed by atoms with E-state index in [1.54, 1.807) is 24.5 Å². The van der Waals surface area contributed by atoms with Gasteiger partial charge in [0.1, 0.15) is 0 Å². The average molecular weight is 344 g/mol. The topological polar surface area (TPSA) is 51.2 Å². The zero-order valence-electron chi connectivity index (χ0n) is 12.3. The minimum absolute atomic E-state index is 0.0809. The van der Waals surface area contributed by atoms with Gasteiger partial charge in [0.15, 0.2) is 6.61 Å². The number of hydrogen-bond donors (Lipinski definition) is 1. The lowest BCUT2D eigenvalue weighted by Crippen LogP contribution is -2.19. The van der Waals surface area contributed by atoms with Gasteiger partial charge >= 0.3 is 6.18 Å². The van der Waals surface area contributed by atoms with Gasteiger partial charge in [-0.2, -0.15) is 13.2 Å². The Kier molecular flexibility index (Phi) is 5.59. The van der Waals surface area contributed by atoms with E-state index in [1.165, 1.54) is 12.3 Å². The van der Waals surface area contributed by atoms with Crippen LogP contribution in [0.25, 0.3) is 0 Å². The molecular weight excluding hydrogens is 329 g/mol. The molecule has 0 fully saturated rings. The second-order valence-corrected chi connectivity index (χ2v) is 6.12. The molecule has 124 valence electrons. The molecule has 0 spiro atoms. The van der Waals surface area contributed by atoms with E-state index in [9.17, 15) is 17.4 Å². The van der Waals surface area contributed by atoms with Crippen molar-refractivity contribution >= 4 is 16.5 Å². The number of halogens is 3. The molecule has 1 heterocycles. The van der Waals surface area contributed by atoms with Crippen molar-refractivity contribution in [3.05, 3.63) is 48.2 Å². The maximum absolute atomic E-state index is 12.0. The lowest BCUT2D eigenvalue weighted by atomic mass is 10.2. The predicted octanol–water partition coefficient (Wildman–Crippen LogP) is 3.37. The van der Waals surface area contributed by atoms with Gasteiger partial charge in [-0.05, 0) is 23.8 Å². The zero-order chi connectivity index (χ0) is 16.9. The van der Waals surface area contributed by atoms with E-state index in [4.69, 9.17) is 0 Å². The molecule has 0 unspecified atom stereocenters. The van der Waals surface area contributed by atoms with Gasteiger partial charge < -0.3 is 10.1 Å². The summed E-state index contributed by atoms with van der Waals surface area (Å²) in [6.45, 7) is -0.848. The molecule has 0 saturated carbocycles. The average Bonchev–Trinajstić information content (AvgIpc) is 2.51. The second-order valence-electron chi connectivity index (χ2n) is 4.74. The summed E-state index contributed by atoms with van der Waals surface area (Å²) in [5.41, 5.74) is 1.64. The van der Waals surface area contributed by atoms with Gasteiger partial charge in [-0.1, -0.05) is 12.1 Å². The highest BCUT2D eigenvalue weighted by atomic mass is 32.2. The number of rotatable bonds is 6. The molecule has 2 rings (SSSR count). The SMILES string of the molecule is C[S@](=O)c1ccc(CNc2ccc(OCC(F)(F)F)nc2)cc1. The molecule has 0 aliphatic carbocycles. The molecule has 1 aromatic carbocycles. The number of aromatic nitrogens is 1. The predicted molar refractivity (Wildman–Crippen MR) is 81.9 cm³/mol. The minimum Gasteiger partial charge on any atom is -0.468 e. The first kappa shape index (κ1) is 17.3. The highest BCUT2D eigenvalue weighted by Gasteiger charge is 2.28. The molecule has 23 heavy (non-hydrogen) atoms. The molecule has 0 bridgehead atoms. The van der Waals surface area contributed by atoms with Crippen molar-refractivity contribution in [3.63, 3.8) is 0 Å². The normalized spacial score (nSPS) is 12.7. The number of alkyl halides is 3. The van der Waals surface area contributed by atoms with Crippen molar-refractivity contribution in [2.24, 2.45) is 0 Å². The fourth-order valence-corrected chi connectivity index (χ4v) is 2.25. The van der Waals surface area contributed by atoms with Crippen LogP contribution in [0.15, 0.2) is 47.5 Å². The minimum atomic E-state index is -4.38. The van der Waals surface area contributed by atoms with E-state index in [1.807, 2.05) is 12.1 Å². The van der Waals surface area contributed by atoms with E-state index in [0.29, 0.717) is 12.2 Å². The number of anilines is 1. The largest absolute Gasteiger partial charge is 0.468 e. The number of nitrogens with zero attached hydrogens (tertiary/aromatic N) is 1. The maximum atomic E-state index is 12.0. The number of hydrogen-bond acceptors (Lipinski definition) is 4. The van der Waals surface area contributed by atoms with Crippen LogP contribution in [0, 0.1) is 0 Å². The van der Waals surface area contributed by atoms with Gasteiger partial charge in [0, 0.05) is 34.6 Å². The summed E-state index contributed by atoms with van der Waals surface area (Å²) in [5, 5.41) is 3.09. The highest BCUT2D eigenvalue weighted by molar-refractivity contribution is 7.84. The van der Waals surface area contributed by atoms with Crippen molar-refractivity contribution in [2.75, 3.05) is 18.2 Å². The molecule has 8 heteroatoms. The number of ether oxygens (including phenoxy) is 1. The third kappa shape index (κ3) is 5.90. The fraction of sp³-hybridized carbons (Fsp3) is 0.267. The lowest BCUT2D eigenvalue weighted by Gasteiger charge is -2.10. The van der Waals surface area contributed by atoms with Gasteiger partial charge in [-0.15, -0.1) is 0 Å². The van der Waals surface area contributed by atoms with Crippen LogP contribution in [-0.4, -0.2) is 28.2 Å². The van der Waals surface area contributed by atoms with E-state index < -0.39 is 23.6 Å². The van der Waals surface area contributed by atoms with E-state index >= 15 is 0 Å². The van der Waals surface area contributed by atoms with Gasteiger partial charge in [0.05, 0.1) is 11.9 Å². The van der Waals surface area contributed by atoms with Crippen LogP contribution in [0.3, 0.4) is 0 Å². The Bertz CT molecular complexity index is 658. The summed E-state index contributed by atoms with van der Waals surface area (Å²) in [4.78, 5) is 4.56. The molecule has 0 amide bonds. The molecular formula is C15H15F3N2O2S. The first-order chi connectivity index (χ1) is 10.8. The van der Waals surface area contributed by atoms with Crippen LogP contribution >= 0.6 is 0 Å². The van der Waals surface area contributed by atoms with Gasteiger partial charge in [0.2, 0.25) is 5.88 Å². The summed E-state index contributed by atoms with van der Waals surface area (Å²) in [7, 11) is -1.01. The van der Waals surface area contributed by atoms with Gasteiger partial charge in [-0.3, -0.25) is 4.21 Å². The Morgan fingerprint density at radius 3 is 2.39 bits per heavy atom. The third-order valence-electron chi connectivity index (χ3n) is 2.87. The molecule has 0 aliphatic heterocycles. The number of benzene rings is 1. The molecule has 2 aromatic rings. The summed E-state index contributed by atoms with van der Waals surface area (Å²) >= 11 is 0. The third-order valence-corrected chi connectivity index (χ3v) is 3.81. The summed E-state index contributed by atoms with van der Waals surface area (Å²) in [6.07, 6.45) is -1.37. The van der Waals surface area contributed by atoms with Gasteiger partial charge in [-0.25, -0.2) is 4.98 Å². The molecule has 4 nitrogen and oxygen atoms in total. The molecule has 1 N–H and O–H groups in total. The smallest absolute Gasteiger partial charge is 0.422 e. The Morgan fingerprint density at radius 2 is 1.87 bits per heavy atom. The molecule has 0 saturated heterocycles. The van der Waals surface area contributed by atoms with E-state index in [2.05, 4.69) is 15.0 Å². The molecule has 1 atom stereocenters. The Labute approximate surface area is 134 Å². The fourth-order valence-electron chi connectivity index (χ4n) is 1.73. The summed E-state index contributed by atoms with van der Waals surface area (Å²) in [5.74, 6) is -0.0809. The Hall–Kier alpha value is -2.09. The molecule has 0 radical (unpaired) electrons. The number of nitrogens with one attached hydrogen (secondary N) is 1. The number of pyridine rings is 1. The second kappa shape index (κ2) is 7.45. The van der Waals surface area contributed by atoms with Crippen molar-refractivity contribution in [3.8, 4) is 5.88 Å². The molecule has 1 aromatic heterocycles. The van der Waals surface area contributed by atoms with Crippen molar-refractivity contribution in [1.82, 2.24) is 4.98 Å². The quantitative estimate of drug-likeness (QED) is 0.873. The standard InChI is InChI=1S/C15H15F3N2O2S/c1-23(21)13-5-2-11(3-6-13)8-19-12-4-7-14(20-9-12)22-10-15(16,17)18/h2-7,9,19H,8,10H2,1H3/t23-/m0/s1. The Balaban J connectivity index is 1.87. The maximum Gasteiger partial charge on any atom is 0.422 e. The van der Waals surface area contributed by atoms with Crippen LogP contribution in [0.1, 0.15) is 5.56 Å². The Morgan fingerprint density at radius 1 is 1.17 bits per heavy atom. The van der Waals surface area contributed by atoms with Crippen LogP contribution in [0.2, 0.25) is 0 Å². The van der Waals surface area contributed by atoms with Crippen LogP contribution in [-0.2, 0) is 17.3 Å². The molecule has 0 aliphatic rings. The van der Waals surface area contributed by atoms with Crippen LogP contribution in [0.5, 0.6) is 5.88 Å². The van der Waals surface area contributed by atoms with Gasteiger partial charge in [0.25, 0.3) is 0 Å². The monoisotopic (exact) mass is 344 g/mol. The highest BCUT2D eigenvalue weighted by Crippen LogP contribution is 2.18. The first-order valence-electron chi connectivity index (χ1n) is 6.65.